The van der Waals surface area contributed by atoms with E-state index in [-0.39, 0.29) is 0 Å². The van der Waals surface area contributed by atoms with Crippen molar-refractivity contribution in [2.45, 2.75) is 10.1 Å². The average molecular weight is 243 g/mol. The zero-order valence-electron chi connectivity index (χ0n) is 8.79. The summed E-state index contributed by atoms with van der Waals surface area (Å²) in [5.41, 5.74) is 7.39. The molecule has 5 nitrogen and oxygen atoms in total. The zero-order valence-corrected chi connectivity index (χ0v) is 9.61. The number of anilines is 1. The Kier molecular flexibility index (Phi) is 2.41. The van der Waals surface area contributed by atoms with Gasteiger partial charge in [0.2, 0.25) is 0 Å². The monoisotopic (exact) mass is 243 g/mol. The largest absolute Gasteiger partial charge is 0.397 e. The third kappa shape index (κ3) is 1.83. The van der Waals surface area contributed by atoms with Gasteiger partial charge in [-0.05, 0) is 30.0 Å². The van der Waals surface area contributed by atoms with Crippen LogP contribution < -0.4 is 5.73 Å². The molecule has 0 aliphatic rings. The lowest BCUT2D eigenvalue weighted by atomic mass is 10.2. The summed E-state index contributed by atoms with van der Waals surface area (Å²) in [5, 5.41) is 8.41. The Balaban J connectivity index is 2.14. The van der Waals surface area contributed by atoms with E-state index in [1.54, 1.807) is 6.20 Å². The van der Waals surface area contributed by atoms with E-state index in [1.807, 2.05) is 24.3 Å². The zero-order chi connectivity index (χ0) is 11.7. The van der Waals surface area contributed by atoms with Crippen LogP contribution in [0.1, 0.15) is 0 Å². The van der Waals surface area contributed by atoms with Gasteiger partial charge in [-0.25, -0.2) is 4.98 Å². The number of nitrogens with two attached hydrogens (primary N) is 1. The molecule has 3 aromatic rings. The number of benzene rings is 1. The lowest BCUT2D eigenvalue weighted by molar-refractivity contribution is 0.974. The van der Waals surface area contributed by atoms with E-state index < -0.39 is 0 Å². The van der Waals surface area contributed by atoms with Gasteiger partial charge in [0.1, 0.15) is 6.33 Å². The maximum Gasteiger partial charge on any atom is 0.188 e. The van der Waals surface area contributed by atoms with Crippen molar-refractivity contribution in [1.82, 2.24) is 20.2 Å². The van der Waals surface area contributed by atoms with Crippen LogP contribution in [0, 0.1) is 0 Å². The van der Waals surface area contributed by atoms with Crippen LogP contribution in [0.2, 0.25) is 0 Å². The molecule has 0 aliphatic carbocycles. The highest BCUT2D eigenvalue weighted by atomic mass is 32.2. The van der Waals surface area contributed by atoms with Gasteiger partial charge >= 0.3 is 0 Å². The van der Waals surface area contributed by atoms with E-state index in [0.29, 0.717) is 5.69 Å². The predicted octanol–water partition coefficient (Wildman–Crippen LogP) is 2.09. The second-order valence-corrected chi connectivity index (χ2v) is 4.48. The molecule has 84 valence electrons. The summed E-state index contributed by atoms with van der Waals surface area (Å²) in [7, 11) is 0. The first-order valence-corrected chi connectivity index (χ1v) is 5.82. The molecular formula is C11H9N5S. The number of H-pyrrole nitrogens is 1. The molecule has 0 fully saturated rings. The summed E-state index contributed by atoms with van der Waals surface area (Å²) in [6, 6.07) is 7.71. The Hall–Kier alpha value is -2.08. The highest BCUT2D eigenvalue weighted by Crippen LogP contribution is 2.32. The van der Waals surface area contributed by atoms with Crippen LogP contribution in [-0.2, 0) is 0 Å². The number of nitrogens with one attached hydrogen (secondary N) is 1. The molecule has 0 bridgehead atoms. The van der Waals surface area contributed by atoms with Gasteiger partial charge in [0.05, 0.1) is 11.2 Å². The van der Waals surface area contributed by atoms with Gasteiger partial charge in [-0.3, -0.25) is 10.1 Å². The number of pyridine rings is 1. The Morgan fingerprint density at radius 2 is 2.12 bits per heavy atom. The molecule has 3 N–H and O–H groups in total. The number of hydrogen-bond donors (Lipinski definition) is 2. The Morgan fingerprint density at radius 3 is 2.94 bits per heavy atom. The van der Waals surface area contributed by atoms with Crippen LogP contribution in [0.5, 0.6) is 0 Å². The molecule has 0 unspecified atom stereocenters. The number of aromatic nitrogens is 4. The lowest BCUT2D eigenvalue weighted by Gasteiger charge is -2.05. The van der Waals surface area contributed by atoms with Gasteiger partial charge in [0, 0.05) is 16.5 Å². The maximum absolute atomic E-state index is 5.89. The number of aromatic amines is 1. The number of hydrogen-bond acceptors (Lipinski definition) is 5. The van der Waals surface area contributed by atoms with Gasteiger partial charge in [0.15, 0.2) is 5.16 Å². The van der Waals surface area contributed by atoms with Crippen molar-refractivity contribution in [3.05, 3.63) is 36.8 Å². The van der Waals surface area contributed by atoms with Crippen LogP contribution >= 0.6 is 11.8 Å². The molecule has 1 aromatic carbocycles. The molecule has 2 aromatic heterocycles. The van der Waals surface area contributed by atoms with Gasteiger partial charge in [0.25, 0.3) is 0 Å². The SMILES string of the molecule is Nc1ccc(Sc2ncn[nH]2)c2cccnc12. The first-order valence-electron chi connectivity index (χ1n) is 5.01. The smallest absolute Gasteiger partial charge is 0.188 e. The van der Waals surface area contributed by atoms with Crippen molar-refractivity contribution in [3.63, 3.8) is 0 Å². The summed E-state index contributed by atoms with van der Waals surface area (Å²) in [5.74, 6) is 0. The summed E-state index contributed by atoms with van der Waals surface area (Å²) < 4.78 is 0. The summed E-state index contributed by atoms with van der Waals surface area (Å²) >= 11 is 1.51. The van der Waals surface area contributed by atoms with Crippen molar-refractivity contribution < 1.29 is 0 Å². The van der Waals surface area contributed by atoms with Crippen LogP contribution in [0.15, 0.2) is 46.8 Å². The van der Waals surface area contributed by atoms with E-state index >= 15 is 0 Å². The number of rotatable bonds is 2. The molecule has 0 spiro atoms. The average Bonchev–Trinajstić information content (AvgIpc) is 2.86. The topological polar surface area (TPSA) is 80.5 Å². The summed E-state index contributed by atoms with van der Waals surface area (Å²) in [6.45, 7) is 0. The molecule has 0 saturated heterocycles. The molecule has 6 heteroatoms. The number of fused-ring (bicyclic) bond motifs is 1. The molecule has 0 amide bonds. The van der Waals surface area contributed by atoms with Crippen molar-refractivity contribution in [2.75, 3.05) is 5.73 Å². The molecule has 2 heterocycles. The van der Waals surface area contributed by atoms with Crippen molar-refractivity contribution in [3.8, 4) is 0 Å². The predicted molar refractivity (Wildman–Crippen MR) is 66.7 cm³/mol. The van der Waals surface area contributed by atoms with Gasteiger partial charge in [-0.15, -0.1) is 0 Å². The first kappa shape index (κ1) is 10.1. The minimum Gasteiger partial charge on any atom is -0.397 e. The molecule has 0 atom stereocenters. The number of nitrogen functional groups attached to an aromatic ring is 1. The fourth-order valence-corrected chi connectivity index (χ4v) is 2.42. The van der Waals surface area contributed by atoms with Crippen LogP contribution in [0.25, 0.3) is 10.9 Å². The second-order valence-electron chi connectivity index (χ2n) is 3.45. The van der Waals surface area contributed by atoms with Crippen molar-refractivity contribution in [1.29, 1.82) is 0 Å². The van der Waals surface area contributed by atoms with Gasteiger partial charge in [-0.2, -0.15) is 5.10 Å². The quantitative estimate of drug-likeness (QED) is 0.673. The van der Waals surface area contributed by atoms with E-state index in [4.69, 9.17) is 5.73 Å². The van der Waals surface area contributed by atoms with E-state index in [0.717, 1.165) is 21.0 Å². The highest BCUT2D eigenvalue weighted by Gasteiger charge is 2.07. The highest BCUT2D eigenvalue weighted by molar-refractivity contribution is 7.99. The Labute approximate surface area is 101 Å². The Bertz CT molecular complexity index is 650. The fraction of sp³-hybridized carbons (Fsp3) is 0. The third-order valence-electron chi connectivity index (χ3n) is 2.36. The molecule has 0 aliphatic heterocycles. The van der Waals surface area contributed by atoms with Crippen molar-refractivity contribution >= 4 is 28.4 Å². The van der Waals surface area contributed by atoms with Gasteiger partial charge in [-0.1, -0.05) is 6.07 Å². The normalized spacial score (nSPS) is 10.8. The van der Waals surface area contributed by atoms with Crippen molar-refractivity contribution in [2.24, 2.45) is 0 Å². The first-order chi connectivity index (χ1) is 8.34. The third-order valence-corrected chi connectivity index (χ3v) is 3.33. The molecular weight excluding hydrogens is 234 g/mol. The summed E-state index contributed by atoms with van der Waals surface area (Å²) in [4.78, 5) is 9.43. The lowest BCUT2D eigenvalue weighted by Crippen LogP contribution is -1.90. The van der Waals surface area contributed by atoms with Crippen LogP contribution in [0.3, 0.4) is 0 Å². The Morgan fingerprint density at radius 1 is 1.18 bits per heavy atom. The molecule has 3 rings (SSSR count). The maximum atomic E-state index is 5.89. The minimum atomic E-state index is 0.683. The fourth-order valence-electron chi connectivity index (χ4n) is 1.60. The standard InChI is InChI=1S/C11H9N5S/c12-8-3-4-9(17-11-14-6-15-16-11)7-2-1-5-13-10(7)8/h1-6H,12H2,(H,14,15,16). The van der Waals surface area contributed by atoms with E-state index in [2.05, 4.69) is 20.2 Å². The van der Waals surface area contributed by atoms with E-state index in [1.165, 1.54) is 18.1 Å². The summed E-state index contributed by atoms with van der Waals surface area (Å²) in [6.07, 6.45) is 3.22. The molecule has 0 saturated carbocycles. The van der Waals surface area contributed by atoms with Gasteiger partial charge < -0.3 is 5.73 Å². The number of nitrogens with zero attached hydrogens (tertiary/aromatic N) is 3. The van der Waals surface area contributed by atoms with Crippen LogP contribution in [0.4, 0.5) is 5.69 Å². The molecule has 0 radical (unpaired) electrons. The van der Waals surface area contributed by atoms with Crippen LogP contribution in [-0.4, -0.2) is 20.2 Å². The minimum absolute atomic E-state index is 0.683. The van der Waals surface area contributed by atoms with E-state index in [9.17, 15) is 0 Å². The molecule has 17 heavy (non-hydrogen) atoms. The second kappa shape index (κ2) is 4.06.